The topological polar surface area (TPSA) is 93.5 Å². The first-order valence-electron chi connectivity index (χ1n) is 11.5. The van der Waals surface area contributed by atoms with Crippen LogP contribution in [0, 0.1) is 0 Å². The van der Waals surface area contributed by atoms with Crippen molar-refractivity contribution in [3.05, 3.63) is 66.2 Å². The number of carbonyl (C=O) groups is 2. The van der Waals surface area contributed by atoms with Gasteiger partial charge in [0.05, 0.1) is 0 Å². The molecule has 0 aliphatic heterocycles. The average Bonchev–Trinajstić information content (AvgIpc) is 3.20. The lowest BCUT2D eigenvalue weighted by Crippen LogP contribution is -2.33. The molecular weight excluding hydrogens is 418 g/mol. The molecular formula is C26H33N3O4. The SMILES string of the molecule is CC(C)(C)OC(=O)NCCCCCCC(=O)NC(c1ccncc1)c1cc2ccccc2o1. The number of nitrogens with zero attached hydrogens (tertiary/aromatic N) is 1. The van der Waals surface area contributed by atoms with Gasteiger partial charge in [-0.25, -0.2) is 4.79 Å². The number of unbranched alkanes of at least 4 members (excludes halogenated alkanes) is 3. The maximum atomic E-state index is 12.7. The Hall–Kier alpha value is -3.35. The van der Waals surface area contributed by atoms with Gasteiger partial charge in [0, 0.05) is 30.7 Å². The molecule has 2 heterocycles. The standard InChI is InChI=1S/C26H33N3O4/c1-26(2,3)33-25(31)28-15-9-5-4-6-12-23(30)29-24(19-13-16-27-17-14-19)22-18-20-10-7-8-11-21(20)32-22/h7-8,10-11,13-14,16-18,24H,4-6,9,12,15H2,1-3H3,(H,28,31)(H,29,30). The predicted molar refractivity (Wildman–Crippen MR) is 128 cm³/mol. The van der Waals surface area contributed by atoms with E-state index >= 15 is 0 Å². The molecule has 2 aromatic heterocycles. The van der Waals surface area contributed by atoms with Crippen LogP contribution < -0.4 is 10.6 Å². The molecule has 0 aliphatic carbocycles. The van der Waals surface area contributed by atoms with Crippen LogP contribution in [0.3, 0.4) is 0 Å². The van der Waals surface area contributed by atoms with Crippen LogP contribution in [0.1, 0.15) is 70.2 Å². The second-order valence-electron chi connectivity index (χ2n) is 9.06. The van der Waals surface area contributed by atoms with Gasteiger partial charge in [0.1, 0.15) is 23.0 Å². The van der Waals surface area contributed by atoms with Crippen LogP contribution in [0.5, 0.6) is 0 Å². The molecule has 0 spiro atoms. The monoisotopic (exact) mass is 451 g/mol. The molecule has 0 radical (unpaired) electrons. The summed E-state index contributed by atoms with van der Waals surface area (Å²) in [5.41, 5.74) is 1.22. The van der Waals surface area contributed by atoms with Crippen LogP contribution in [0.4, 0.5) is 4.79 Å². The van der Waals surface area contributed by atoms with Gasteiger partial charge in [-0.2, -0.15) is 0 Å². The minimum absolute atomic E-state index is 0.0239. The van der Waals surface area contributed by atoms with E-state index in [9.17, 15) is 9.59 Å². The van der Waals surface area contributed by atoms with Crippen LogP contribution in [0.15, 0.2) is 59.3 Å². The molecule has 7 heteroatoms. The summed E-state index contributed by atoms with van der Waals surface area (Å²) in [6.45, 7) is 6.08. The summed E-state index contributed by atoms with van der Waals surface area (Å²) >= 11 is 0. The van der Waals surface area contributed by atoms with Crippen molar-refractivity contribution in [1.82, 2.24) is 15.6 Å². The largest absolute Gasteiger partial charge is 0.459 e. The molecule has 33 heavy (non-hydrogen) atoms. The second-order valence-corrected chi connectivity index (χ2v) is 9.06. The van der Waals surface area contributed by atoms with Gasteiger partial charge in [-0.1, -0.05) is 31.0 Å². The minimum atomic E-state index is -0.492. The first-order valence-corrected chi connectivity index (χ1v) is 11.5. The van der Waals surface area contributed by atoms with E-state index in [0.717, 1.165) is 42.2 Å². The number of hydrogen-bond donors (Lipinski definition) is 2. The molecule has 0 aliphatic rings. The smallest absolute Gasteiger partial charge is 0.407 e. The lowest BCUT2D eigenvalue weighted by Gasteiger charge is -2.19. The Kier molecular flexibility index (Phi) is 8.46. The number of alkyl carbamates (subject to hydrolysis) is 1. The number of para-hydroxylation sites is 1. The zero-order chi connectivity index (χ0) is 23.7. The predicted octanol–water partition coefficient (Wildman–Crippen LogP) is 5.51. The molecule has 2 N–H and O–H groups in total. The lowest BCUT2D eigenvalue weighted by atomic mass is 10.0. The van der Waals surface area contributed by atoms with Gasteiger partial charge in [-0.05, 0) is 63.4 Å². The number of fused-ring (bicyclic) bond motifs is 1. The van der Waals surface area contributed by atoms with Gasteiger partial charge < -0.3 is 19.8 Å². The number of benzene rings is 1. The van der Waals surface area contributed by atoms with Gasteiger partial charge in [0.2, 0.25) is 5.91 Å². The number of furan rings is 1. The van der Waals surface area contributed by atoms with Crippen molar-refractivity contribution >= 4 is 23.0 Å². The summed E-state index contributed by atoms with van der Waals surface area (Å²) in [6.07, 6.45) is 6.93. The van der Waals surface area contributed by atoms with Crippen LogP contribution in [0.25, 0.3) is 11.0 Å². The molecule has 3 aromatic rings. The summed E-state index contributed by atoms with van der Waals surface area (Å²) in [7, 11) is 0. The Labute approximate surface area is 194 Å². The molecule has 0 fully saturated rings. The molecule has 0 saturated heterocycles. The van der Waals surface area contributed by atoms with Gasteiger partial charge in [0.15, 0.2) is 0 Å². The molecule has 0 bridgehead atoms. The van der Waals surface area contributed by atoms with Crippen molar-refractivity contribution in [3.63, 3.8) is 0 Å². The first kappa shape index (κ1) is 24.3. The van der Waals surface area contributed by atoms with Crippen LogP contribution in [0.2, 0.25) is 0 Å². The van der Waals surface area contributed by atoms with E-state index in [2.05, 4.69) is 15.6 Å². The molecule has 3 rings (SSSR count). The normalized spacial score (nSPS) is 12.3. The van der Waals surface area contributed by atoms with Crippen LogP contribution in [-0.4, -0.2) is 29.1 Å². The highest BCUT2D eigenvalue weighted by molar-refractivity contribution is 5.79. The molecule has 0 saturated carbocycles. The third kappa shape index (κ3) is 7.93. The van der Waals surface area contributed by atoms with E-state index in [1.165, 1.54) is 0 Å². The van der Waals surface area contributed by atoms with E-state index in [-0.39, 0.29) is 11.9 Å². The van der Waals surface area contributed by atoms with Gasteiger partial charge in [0.25, 0.3) is 0 Å². The summed E-state index contributed by atoms with van der Waals surface area (Å²) in [4.78, 5) is 28.4. The maximum absolute atomic E-state index is 12.7. The average molecular weight is 452 g/mol. The minimum Gasteiger partial charge on any atom is -0.459 e. The number of nitrogens with one attached hydrogen (secondary N) is 2. The highest BCUT2D eigenvalue weighted by Gasteiger charge is 2.21. The molecule has 2 amide bonds. The number of amides is 2. The van der Waals surface area contributed by atoms with Gasteiger partial charge >= 0.3 is 6.09 Å². The third-order valence-corrected chi connectivity index (χ3v) is 5.07. The number of carbonyl (C=O) groups excluding carboxylic acids is 2. The molecule has 1 aromatic carbocycles. The van der Waals surface area contributed by atoms with E-state index in [1.807, 2.05) is 63.2 Å². The van der Waals surface area contributed by atoms with Crippen LogP contribution in [-0.2, 0) is 9.53 Å². The molecule has 176 valence electrons. The maximum Gasteiger partial charge on any atom is 0.407 e. The molecule has 7 nitrogen and oxygen atoms in total. The lowest BCUT2D eigenvalue weighted by molar-refractivity contribution is -0.121. The van der Waals surface area contributed by atoms with E-state index < -0.39 is 11.7 Å². The molecule has 1 unspecified atom stereocenters. The Morgan fingerprint density at radius 2 is 1.76 bits per heavy atom. The van der Waals surface area contributed by atoms with Crippen molar-refractivity contribution in [2.75, 3.05) is 6.54 Å². The fraction of sp³-hybridized carbons (Fsp3) is 0.423. The number of ether oxygens (including phenoxy) is 1. The van der Waals surface area contributed by atoms with E-state index in [4.69, 9.17) is 9.15 Å². The van der Waals surface area contributed by atoms with E-state index in [0.29, 0.717) is 18.7 Å². The Morgan fingerprint density at radius 1 is 1.03 bits per heavy atom. The Bertz CT molecular complexity index is 1010. The number of hydrogen-bond acceptors (Lipinski definition) is 5. The van der Waals surface area contributed by atoms with Crippen molar-refractivity contribution in [3.8, 4) is 0 Å². The quantitative estimate of drug-likeness (QED) is 0.397. The highest BCUT2D eigenvalue weighted by Crippen LogP contribution is 2.28. The zero-order valence-corrected chi connectivity index (χ0v) is 19.6. The Balaban J connectivity index is 1.45. The van der Waals surface area contributed by atoms with Crippen molar-refractivity contribution < 1.29 is 18.7 Å². The van der Waals surface area contributed by atoms with Crippen molar-refractivity contribution in [2.24, 2.45) is 0 Å². The van der Waals surface area contributed by atoms with Gasteiger partial charge in [-0.3, -0.25) is 9.78 Å². The summed E-state index contributed by atoms with van der Waals surface area (Å²) in [5.74, 6) is 0.674. The van der Waals surface area contributed by atoms with Crippen molar-refractivity contribution in [2.45, 2.75) is 64.5 Å². The highest BCUT2D eigenvalue weighted by atomic mass is 16.6. The fourth-order valence-electron chi connectivity index (χ4n) is 3.52. The molecule has 1 atom stereocenters. The number of aromatic nitrogens is 1. The third-order valence-electron chi connectivity index (χ3n) is 5.07. The first-order chi connectivity index (χ1) is 15.8. The second kappa shape index (κ2) is 11.5. The van der Waals surface area contributed by atoms with Gasteiger partial charge in [-0.15, -0.1) is 0 Å². The van der Waals surface area contributed by atoms with Crippen LogP contribution >= 0.6 is 0 Å². The summed E-state index contributed by atoms with van der Waals surface area (Å²) in [6, 6.07) is 13.2. The summed E-state index contributed by atoms with van der Waals surface area (Å²) in [5, 5.41) is 6.87. The summed E-state index contributed by atoms with van der Waals surface area (Å²) < 4.78 is 11.2. The zero-order valence-electron chi connectivity index (χ0n) is 19.6. The van der Waals surface area contributed by atoms with E-state index in [1.54, 1.807) is 12.4 Å². The fourth-order valence-corrected chi connectivity index (χ4v) is 3.52. The Morgan fingerprint density at radius 3 is 2.48 bits per heavy atom. The van der Waals surface area contributed by atoms with Crippen molar-refractivity contribution in [1.29, 1.82) is 0 Å². The number of rotatable bonds is 10. The number of pyridine rings is 1.